The van der Waals surface area contributed by atoms with Gasteiger partial charge in [-0.3, -0.25) is 14.5 Å². The molecular formula is C23H36N6O3. The highest BCUT2D eigenvalue weighted by molar-refractivity contribution is 5.76. The van der Waals surface area contributed by atoms with E-state index in [2.05, 4.69) is 25.3 Å². The third kappa shape index (κ3) is 4.97. The number of hydrogen-bond acceptors (Lipinski definition) is 7. The van der Waals surface area contributed by atoms with Gasteiger partial charge in [-0.2, -0.15) is 0 Å². The van der Waals surface area contributed by atoms with Crippen LogP contribution in [0.1, 0.15) is 63.8 Å². The maximum Gasteiger partial charge on any atom is 0.309 e. The van der Waals surface area contributed by atoms with Gasteiger partial charge in [0.05, 0.1) is 18.6 Å². The van der Waals surface area contributed by atoms with E-state index in [1.165, 1.54) is 6.42 Å². The predicted molar refractivity (Wildman–Crippen MR) is 116 cm³/mol. The molecule has 2 aliphatic heterocycles. The Morgan fingerprint density at radius 3 is 2.56 bits per heavy atom. The number of rotatable bonds is 6. The second-order valence-electron chi connectivity index (χ2n) is 10.4. The molecule has 9 nitrogen and oxygen atoms in total. The Bertz CT molecular complexity index is 771. The van der Waals surface area contributed by atoms with Crippen molar-refractivity contribution in [2.24, 2.45) is 23.7 Å². The molecule has 1 aromatic rings. The topological polar surface area (TPSA) is 93.5 Å². The van der Waals surface area contributed by atoms with Crippen LogP contribution in [0.4, 0.5) is 0 Å². The number of cyclic esters (lactones) is 1. The van der Waals surface area contributed by atoms with Crippen molar-refractivity contribution in [3.05, 3.63) is 6.33 Å². The fourth-order valence-corrected chi connectivity index (χ4v) is 6.33. The summed E-state index contributed by atoms with van der Waals surface area (Å²) >= 11 is 0. The summed E-state index contributed by atoms with van der Waals surface area (Å²) in [5.41, 5.74) is 0. The quantitative estimate of drug-likeness (QED) is 0.619. The summed E-state index contributed by atoms with van der Waals surface area (Å²) in [6.45, 7) is 5.43. The smallest absolute Gasteiger partial charge is 0.309 e. The van der Waals surface area contributed by atoms with Crippen molar-refractivity contribution >= 4 is 11.9 Å². The van der Waals surface area contributed by atoms with Gasteiger partial charge < -0.3 is 9.64 Å². The third-order valence-corrected chi connectivity index (χ3v) is 8.43. The lowest BCUT2D eigenvalue weighted by atomic mass is 9.74. The monoisotopic (exact) mass is 444 g/mol. The van der Waals surface area contributed by atoms with Gasteiger partial charge in [0.25, 0.3) is 0 Å². The molecule has 0 bridgehead atoms. The van der Waals surface area contributed by atoms with Gasteiger partial charge in [0.2, 0.25) is 5.91 Å². The van der Waals surface area contributed by atoms with Crippen LogP contribution >= 0.6 is 0 Å². The largest absolute Gasteiger partial charge is 0.465 e. The van der Waals surface area contributed by atoms with Gasteiger partial charge in [-0.15, -0.1) is 5.10 Å². The van der Waals surface area contributed by atoms with Crippen LogP contribution in [0.15, 0.2) is 6.33 Å². The zero-order valence-electron chi connectivity index (χ0n) is 19.0. The molecule has 4 aliphatic rings. The first kappa shape index (κ1) is 21.8. The number of esters is 1. The first-order valence-electron chi connectivity index (χ1n) is 12.5. The van der Waals surface area contributed by atoms with Gasteiger partial charge in [-0.1, -0.05) is 0 Å². The van der Waals surface area contributed by atoms with Crippen LogP contribution in [0.5, 0.6) is 0 Å². The van der Waals surface area contributed by atoms with E-state index < -0.39 is 0 Å². The number of carbonyl (C=O) groups excluding carboxylic acids is 2. The van der Waals surface area contributed by atoms with Gasteiger partial charge in [0, 0.05) is 38.5 Å². The number of amides is 1. The van der Waals surface area contributed by atoms with E-state index in [-0.39, 0.29) is 11.9 Å². The van der Waals surface area contributed by atoms with Crippen molar-refractivity contribution in [1.82, 2.24) is 30.0 Å². The highest BCUT2D eigenvalue weighted by atomic mass is 16.5. The molecule has 0 radical (unpaired) electrons. The Hall–Kier alpha value is -2.03. The molecule has 0 N–H and O–H groups in total. The van der Waals surface area contributed by atoms with E-state index in [9.17, 15) is 9.59 Å². The van der Waals surface area contributed by atoms with Crippen LogP contribution in [0, 0.1) is 23.7 Å². The number of tetrazole rings is 1. The maximum absolute atomic E-state index is 12.9. The molecule has 4 fully saturated rings. The van der Waals surface area contributed by atoms with Crippen molar-refractivity contribution in [2.45, 2.75) is 63.8 Å². The van der Waals surface area contributed by atoms with E-state index in [1.54, 1.807) is 6.33 Å². The summed E-state index contributed by atoms with van der Waals surface area (Å²) in [7, 11) is 0. The summed E-state index contributed by atoms with van der Waals surface area (Å²) in [5, 5.41) is 11.5. The SMILES string of the molecule is O=C1OCC2CC(CCN3CCN(C(=O)CC4CCC(n5cnnn5)CC4)CC3)CCC12. The molecule has 2 aliphatic carbocycles. The zero-order valence-corrected chi connectivity index (χ0v) is 19.0. The van der Waals surface area contributed by atoms with Crippen LogP contribution in [0.2, 0.25) is 0 Å². The van der Waals surface area contributed by atoms with E-state index >= 15 is 0 Å². The molecule has 2 saturated carbocycles. The molecule has 0 aromatic carbocycles. The van der Waals surface area contributed by atoms with E-state index in [0.717, 1.165) is 77.7 Å². The Balaban J connectivity index is 0.982. The summed E-state index contributed by atoms with van der Waals surface area (Å²) in [6, 6.07) is 0.386. The number of nitrogens with zero attached hydrogens (tertiary/aromatic N) is 6. The molecule has 1 aromatic heterocycles. The van der Waals surface area contributed by atoms with Crippen LogP contribution < -0.4 is 0 Å². The second-order valence-corrected chi connectivity index (χ2v) is 10.4. The third-order valence-electron chi connectivity index (χ3n) is 8.43. The Morgan fingerprint density at radius 2 is 1.81 bits per heavy atom. The predicted octanol–water partition coefficient (Wildman–Crippen LogP) is 1.92. The molecule has 3 atom stereocenters. The Morgan fingerprint density at radius 1 is 1.03 bits per heavy atom. The molecule has 5 rings (SSSR count). The fourth-order valence-electron chi connectivity index (χ4n) is 6.33. The van der Waals surface area contributed by atoms with Gasteiger partial charge in [0.15, 0.2) is 0 Å². The lowest BCUT2D eigenvalue weighted by molar-refractivity contribution is -0.141. The molecule has 3 heterocycles. The second kappa shape index (κ2) is 9.85. The van der Waals surface area contributed by atoms with Crippen molar-refractivity contribution in [3.8, 4) is 0 Å². The highest BCUT2D eigenvalue weighted by Crippen LogP contribution is 2.40. The standard InChI is InChI=1S/C23H36N6O3/c30-22(14-17-1-4-20(5-2-17)29-16-24-25-26-29)28-11-9-27(10-12-28)8-7-18-3-6-21-19(13-18)15-32-23(21)31/h16-21H,1-15H2. The number of piperazine rings is 1. The lowest BCUT2D eigenvalue weighted by Crippen LogP contribution is -2.49. The minimum atomic E-state index is 0.0368. The normalized spacial score (nSPS) is 33.7. The zero-order chi connectivity index (χ0) is 21.9. The van der Waals surface area contributed by atoms with Crippen LogP contribution in [0.3, 0.4) is 0 Å². The Labute approximate surface area is 189 Å². The fraction of sp³-hybridized carbons (Fsp3) is 0.870. The van der Waals surface area contributed by atoms with Gasteiger partial charge in [-0.25, -0.2) is 4.68 Å². The summed E-state index contributed by atoms with van der Waals surface area (Å²) < 4.78 is 7.12. The summed E-state index contributed by atoms with van der Waals surface area (Å²) in [6.07, 6.45) is 11.2. The van der Waals surface area contributed by atoms with Crippen molar-refractivity contribution in [3.63, 3.8) is 0 Å². The minimum Gasteiger partial charge on any atom is -0.465 e. The van der Waals surface area contributed by atoms with E-state index in [1.807, 2.05) is 4.68 Å². The number of fused-ring (bicyclic) bond motifs is 1. The molecule has 9 heteroatoms. The minimum absolute atomic E-state index is 0.0368. The van der Waals surface area contributed by atoms with Gasteiger partial charge in [0.1, 0.15) is 6.33 Å². The van der Waals surface area contributed by atoms with Crippen molar-refractivity contribution in [1.29, 1.82) is 0 Å². The average Bonchev–Trinajstić information content (AvgIpc) is 3.49. The molecule has 176 valence electrons. The van der Waals surface area contributed by atoms with E-state index in [0.29, 0.717) is 42.7 Å². The first-order chi connectivity index (χ1) is 15.7. The first-order valence-corrected chi connectivity index (χ1v) is 12.5. The number of hydrogen-bond donors (Lipinski definition) is 0. The molecule has 32 heavy (non-hydrogen) atoms. The Kier molecular flexibility index (Phi) is 6.71. The molecule has 3 unspecified atom stereocenters. The molecule has 1 amide bonds. The number of ether oxygens (including phenoxy) is 1. The van der Waals surface area contributed by atoms with Gasteiger partial charge >= 0.3 is 5.97 Å². The van der Waals surface area contributed by atoms with E-state index in [4.69, 9.17) is 4.74 Å². The van der Waals surface area contributed by atoms with Crippen LogP contribution in [0.25, 0.3) is 0 Å². The maximum atomic E-state index is 12.9. The van der Waals surface area contributed by atoms with Crippen molar-refractivity contribution in [2.75, 3.05) is 39.3 Å². The molecule has 2 saturated heterocycles. The highest BCUT2D eigenvalue weighted by Gasteiger charge is 2.41. The van der Waals surface area contributed by atoms with Crippen LogP contribution in [-0.4, -0.2) is 81.2 Å². The van der Waals surface area contributed by atoms with Crippen molar-refractivity contribution < 1.29 is 14.3 Å². The number of carbonyl (C=O) groups is 2. The summed E-state index contributed by atoms with van der Waals surface area (Å²) in [4.78, 5) is 29.2. The summed E-state index contributed by atoms with van der Waals surface area (Å²) in [5.74, 6) is 2.22. The lowest BCUT2D eigenvalue weighted by Gasteiger charge is -2.37. The molecular weight excluding hydrogens is 408 g/mol. The van der Waals surface area contributed by atoms with Gasteiger partial charge in [-0.05, 0) is 80.2 Å². The number of aromatic nitrogens is 4. The average molecular weight is 445 g/mol. The van der Waals surface area contributed by atoms with Crippen LogP contribution in [-0.2, 0) is 14.3 Å². The molecule has 0 spiro atoms.